The first-order chi connectivity index (χ1) is 14.7. The Bertz CT molecular complexity index is 998. The summed E-state index contributed by atoms with van der Waals surface area (Å²) in [6.07, 6.45) is 2.13. The summed E-state index contributed by atoms with van der Waals surface area (Å²) >= 11 is 0. The van der Waals surface area contributed by atoms with Crippen molar-refractivity contribution in [3.63, 3.8) is 0 Å². The van der Waals surface area contributed by atoms with E-state index in [9.17, 15) is 0 Å². The lowest BCUT2D eigenvalue weighted by atomic mass is 10.0. The lowest BCUT2D eigenvalue weighted by Gasteiger charge is -2.25. The largest absolute Gasteiger partial charge is 0.497 e. The molecular formula is C22H26N6O2. The number of nitrogens with zero attached hydrogens (tertiary/aromatic N) is 4. The molecule has 0 spiro atoms. The molecule has 2 aromatic carbocycles. The lowest BCUT2D eigenvalue weighted by Crippen LogP contribution is -2.25. The minimum Gasteiger partial charge on any atom is -0.497 e. The van der Waals surface area contributed by atoms with E-state index in [1.54, 1.807) is 14.2 Å². The van der Waals surface area contributed by atoms with E-state index in [0.717, 1.165) is 42.1 Å². The summed E-state index contributed by atoms with van der Waals surface area (Å²) in [6.45, 7) is 1.53. The third kappa shape index (κ3) is 4.44. The molecule has 30 heavy (non-hydrogen) atoms. The topological polar surface area (TPSA) is 98.4 Å². The predicted octanol–water partition coefficient (Wildman–Crippen LogP) is 3.55. The Morgan fingerprint density at radius 2 is 1.90 bits per heavy atom. The van der Waals surface area contributed by atoms with Crippen molar-refractivity contribution in [3.8, 4) is 11.5 Å². The number of nitrogens with one attached hydrogen (secondary N) is 1. The molecule has 0 unspecified atom stereocenters. The van der Waals surface area contributed by atoms with E-state index in [1.165, 1.54) is 0 Å². The van der Waals surface area contributed by atoms with Crippen LogP contribution in [0.5, 0.6) is 11.5 Å². The lowest BCUT2D eigenvalue weighted by molar-refractivity contribution is 0.237. The normalized spacial score (nSPS) is 16.4. The highest BCUT2D eigenvalue weighted by Gasteiger charge is 2.29. The van der Waals surface area contributed by atoms with E-state index in [-0.39, 0.29) is 12.0 Å². The molecule has 1 fully saturated rings. The van der Waals surface area contributed by atoms with Crippen LogP contribution in [-0.2, 0) is 6.54 Å². The van der Waals surface area contributed by atoms with E-state index in [4.69, 9.17) is 15.2 Å². The number of likely N-dealkylation sites (tertiary alicyclic amines) is 1. The molecule has 0 saturated carbocycles. The van der Waals surface area contributed by atoms with Crippen molar-refractivity contribution < 1.29 is 9.47 Å². The summed E-state index contributed by atoms with van der Waals surface area (Å²) in [4.78, 5) is 15.5. The average molecular weight is 406 g/mol. The number of ether oxygens (including phenoxy) is 2. The monoisotopic (exact) mass is 406 g/mol. The number of nitrogen functional groups attached to an aromatic ring is 1. The number of nitrogens with two attached hydrogens (primary N) is 1. The maximum atomic E-state index is 5.96. The number of methoxy groups -OCH3 is 2. The zero-order chi connectivity index (χ0) is 20.9. The summed E-state index contributed by atoms with van der Waals surface area (Å²) in [5.74, 6) is 2.90. The number of aromatic nitrogens is 3. The van der Waals surface area contributed by atoms with Crippen molar-refractivity contribution in [1.82, 2.24) is 19.9 Å². The van der Waals surface area contributed by atoms with Gasteiger partial charge in [-0.1, -0.05) is 24.3 Å². The fraction of sp³-hybridized carbons (Fsp3) is 0.318. The van der Waals surface area contributed by atoms with Crippen molar-refractivity contribution >= 4 is 17.6 Å². The molecule has 1 aliphatic rings. The van der Waals surface area contributed by atoms with Crippen LogP contribution in [0.15, 0.2) is 48.5 Å². The van der Waals surface area contributed by atoms with Crippen LogP contribution in [0.4, 0.5) is 17.6 Å². The molecule has 1 aliphatic heterocycles. The Kier molecular flexibility index (Phi) is 5.94. The van der Waals surface area contributed by atoms with Gasteiger partial charge >= 0.3 is 0 Å². The Hall–Kier alpha value is -3.39. The number of benzene rings is 2. The molecule has 0 aliphatic carbocycles. The second-order valence-corrected chi connectivity index (χ2v) is 7.16. The minimum absolute atomic E-state index is 0.205. The summed E-state index contributed by atoms with van der Waals surface area (Å²) < 4.78 is 11.0. The minimum atomic E-state index is 0.205. The van der Waals surface area contributed by atoms with Gasteiger partial charge in [-0.15, -0.1) is 0 Å². The quantitative estimate of drug-likeness (QED) is 0.615. The van der Waals surface area contributed by atoms with Crippen molar-refractivity contribution in [2.24, 2.45) is 0 Å². The molecule has 0 amide bonds. The summed E-state index contributed by atoms with van der Waals surface area (Å²) in [5.41, 5.74) is 7.99. The average Bonchev–Trinajstić information content (AvgIpc) is 3.21. The Balaban J connectivity index is 1.55. The molecule has 2 heterocycles. The molecule has 1 atom stereocenters. The fourth-order valence-corrected chi connectivity index (χ4v) is 3.86. The molecule has 3 N–H and O–H groups in total. The Labute approximate surface area is 176 Å². The van der Waals surface area contributed by atoms with Gasteiger partial charge in [-0.05, 0) is 37.6 Å². The van der Waals surface area contributed by atoms with E-state index in [2.05, 4.69) is 31.2 Å². The number of rotatable bonds is 7. The summed E-state index contributed by atoms with van der Waals surface area (Å²) in [6, 6.07) is 15.9. The van der Waals surface area contributed by atoms with Gasteiger partial charge in [0.15, 0.2) is 0 Å². The van der Waals surface area contributed by atoms with E-state index >= 15 is 0 Å². The van der Waals surface area contributed by atoms with Crippen molar-refractivity contribution in [2.45, 2.75) is 25.4 Å². The van der Waals surface area contributed by atoms with Crippen molar-refractivity contribution in [3.05, 3.63) is 59.9 Å². The predicted molar refractivity (Wildman–Crippen MR) is 116 cm³/mol. The smallest absolute Gasteiger partial charge is 0.232 e. The molecule has 1 aromatic heterocycles. The third-order valence-corrected chi connectivity index (χ3v) is 5.24. The number of anilines is 3. The fourth-order valence-electron chi connectivity index (χ4n) is 3.86. The zero-order valence-corrected chi connectivity index (χ0v) is 17.2. The van der Waals surface area contributed by atoms with Crippen LogP contribution >= 0.6 is 0 Å². The molecule has 156 valence electrons. The maximum Gasteiger partial charge on any atom is 0.232 e. The van der Waals surface area contributed by atoms with Gasteiger partial charge in [-0.3, -0.25) is 4.90 Å². The number of hydrogen-bond acceptors (Lipinski definition) is 8. The van der Waals surface area contributed by atoms with Crippen LogP contribution in [0.3, 0.4) is 0 Å². The van der Waals surface area contributed by atoms with Crippen LogP contribution in [0.25, 0.3) is 0 Å². The molecule has 4 rings (SSSR count). The van der Waals surface area contributed by atoms with Gasteiger partial charge in [-0.25, -0.2) is 0 Å². The van der Waals surface area contributed by atoms with Gasteiger partial charge in [0.1, 0.15) is 17.3 Å². The third-order valence-electron chi connectivity index (χ3n) is 5.24. The summed E-state index contributed by atoms with van der Waals surface area (Å²) in [5, 5.41) is 3.19. The van der Waals surface area contributed by atoms with Gasteiger partial charge in [0.2, 0.25) is 11.9 Å². The van der Waals surface area contributed by atoms with Crippen LogP contribution < -0.4 is 20.5 Å². The van der Waals surface area contributed by atoms with Crippen LogP contribution in [0.1, 0.15) is 30.3 Å². The summed E-state index contributed by atoms with van der Waals surface area (Å²) in [7, 11) is 3.34. The molecule has 8 heteroatoms. The number of hydrogen-bond donors (Lipinski definition) is 2. The molecule has 1 saturated heterocycles. The molecule has 0 radical (unpaired) electrons. The second kappa shape index (κ2) is 8.96. The van der Waals surface area contributed by atoms with Crippen LogP contribution in [-0.4, -0.2) is 40.6 Å². The zero-order valence-electron chi connectivity index (χ0n) is 17.2. The van der Waals surface area contributed by atoms with Crippen LogP contribution in [0.2, 0.25) is 0 Å². The van der Waals surface area contributed by atoms with Crippen molar-refractivity contribution in [2.75, 3.05) is 31.8 Å². The van der Waals surface area contributed by atoms with Gasteiger partial charge in [-0.2, -0.15) is 15.0 Å². The SMILES string of the molecule is COc1ccc([C@@H]2CCCN2Cc2nc(N)nc(Nc3ccccc3)n2)c(OC)c1. The van der Waals surface area contributed by atoms with E-state index < -0.39 is 0 Å². The Morgan fingerprint density at radius 3 is 2.67 bits per heavy atom. The molecule has 3 aromatic rings. The van der Waals surface area contributed by atoms with Gasteiger partial charge in [0.05, 0.1) is 20.8 Å². The maximum absolute atomic E-state index is 5.96. The van der Waals surface area contributed by atoms with Gasteiger partial charge < -0.3 is 20.5 Å². The van der Waals surface area contributed by atoms with E-state index in [1.807, 2.05) is 42.5 Å². The highest BCUT2D eigenvalue weighted by molar-refractivity contribution is 5.53. The number of para-hydroxylation sites is 1. The second-order valence-electron chi connectivity index (χ2n) is 7.16. The van der Waals surface area contributed by atoms with E-state index in [0.29, 0.717) is 18.3 Å². The molecular weight excluding hydrogens is 380 g/mol. The van der Waals surface area contributed by atoms with Crippen LogP contribution in [0, 0.1) is 0 Å². The first-order valence-electron chi connectivity index (χ1n) is 9.94. The molecule has 0 bridgehead atoms. The first-order valence-corrected chi connectivity index (χ1v) is 9.94. The van der Waals surface area contributed by atoms with Gasteiger partial charge in [0, 0.05) is 23.4 Å². The first kappa shape index (κ1) is 19.9. The van der Waals surface area contributed by atoms with Gasteiger partial charge in [0.25, 0.3) is 0 Å². The highest BCUT2D eigenvalue weighted by Crippen LogP contribution is 2.39. The van der Waals surface area contributed by atoms with Crippen molar-refractivity contribution in [1.29, 1.82) is 0 Å². The standard InChI is InChI=1S/C22H26N6O2/c1-29-16-10-11-17(19(13-16)30-2)18-9-6-12-28(18)14-20-25-21(23)27-22(26-20)24-15-7-4-3-5-8-15/h3-5,7-8,10-11,13,18H,6,9,12,14H2,1-2H3,(H3,23,24,25,26,27)/t18-/m0/s1. The molecule has 8 nitrogen and oxygen atoms in total. The highest BCUT2D eigenvalue weighted by atomic mass is 16.5. The Morgan fingerprint density at radius 1 is 1.07 bits per heavy atom.